The SMILES string of the molecule is CC(CC(=O)O)c1ccccc1C(C)(C)C. The molecule has 0 saturated carbocycles. The van der Waals surface area contributed by atoms with Crippen LogP contribution >= 0.6 is 0 Å². The predicted octanol–water partition coefficient (Wildman–Crippen LogP) is 3.56. The summed E-state index contributed by atoms with van der Waals surface area (Å²) in [5, 5.41) is 8.84. The van der Waals surface area contributed by atoms with Crippen LogP contribution in [0, 0.1) is 0 Å². The highest BCUT2D eigenvalue weighted by atomic mass is 16.4. The Morgan fingerprint density at radius 1 is 1.31 bits per heavy atom. The third kappa shape index (κ3) is 3.09. The van der Waals surface area contributed by atoms with Crippen LogP contribution in [0.3, 0.4) is 0 Å². The highest BCUT2D eigenvalue weighted by Gasteiger charge is 2.21. The van der Waals surface area contributed by atoms with Crippen molar-refractivity contribution in [3.05, 3.63) is 35.4 Å². The molecule has 0 heterocycles. The lowest BCUT2D eigenvalue weighted by molar-refractivity contribution is -0.137. The maximum absolute atomic E-state index is 10.7. The molecule has 0 saturated heterocycles. The second-order valence-corrected chi connectivity index (χ2v) is 5.34. The highest BCUT2D eigenvalue weighted by molar-refractivity contribution is 5.68. The van der Waals surface area contributed by atoms with E-state index in [-0.39, 0.29) is 17.8 Å². The van der Waals surface area contributed by atoms with Crippen molar-refractivity contribution in [2.45, 2.75) is 45.4 Å². The van der Waals surface area contributed by atoms with E-state index >= 15 is 0 Å². The van der Waals surface area contributed by atoms with Crippen LogP contribution in [-0.4, -0.2) is 11.1 Å². The van der Waals surface area contributed by atoms with Gasteiger partial charge in [0, 0.05) is 0 Å². The minimum atomic E-state index is -0.740. The van der Waals surface area contributed by atoms with Crippen molar-refractivity contribution in [2.75, 3.05) is 0 Å². The maximum Gasteiger partial charge on any atom is 0.303 e. The van der Waals surface area contributed by atoms with Crippen molar-refractivity contribution in [3.63, 3.8) is 0 Å². The molecule has 1 unspecified atom stereocenters. The predicted molar refractivity (Wildman–Crippen MR) is 65.8 cm³/mol. The Balaban J connectivity index is 3.08. The van der Waals surface area contributed by atoms with E-state index in [1.165, 1.54) is 5.56 Å². The minimum Gasteiger partial charge on any atom is -0.481 e. The van der Waals surface area contributed by atoms with E-state index in [1.807, 2.05) is 25.1 Å². The van der Waals surface area contributed by atoms with E-state index in [0.29, 0.717) is 0 Å². The lowest BCUT2D eigenvalue weighted by atomic mass is 9.80. The Bertz CT molecular complexity index is 375. The molecule has 0 aliphatic carbocycles. The van der Waals surface area contributed by atoms with E-state index in [4.69, 9.17) is 5.11 Å². The number of hydrogen-bond donors (Lipinski definition) is 1. The molecular formula is C14H20O2. The van der Waals surface area contributed by atoms with Gasteiger partial charge in [-0.25, -0.2) is 0 Å². The summed E-state index contributed by atoms with van der Waals surface area (Å²) >= 11 is 0. The van der Waals surface area contributed by atoms with E-state index in [9.17, 15) is 4.79 Å². The maximum atomic E-state index is 10.7. The second kappa shape index (κ2) is 4.69. The molecule has 1 atom stereocenters. The quantitative estimate of drug-likeness (QED) is 0.845. The number of carboxylic acid groups (broad SMARTS) is 1. The Morgan fingerprint density at radius 2 is 1.88 bits per heavy atom. The Hall–Kier alpha value is -1.31. The smallest absolute Gasteiger partial charge is 0.303 e. The molecule has 0 aliphatic heterocycles. The fourth-order valence-electron chi connectivity index (χ4n) is 1.98. The molecule has 1 aromatic rings. The van der Waals surface area contributed by atoms with Crippen LogP contribution in [0.4, 0.5) is 0 Å². The zero-order valence-electron chi connectivity index (χ0n) is 10.4. The van der Waals surface area contributed by atoms with Gasteiger partial charge < -0.3 is 5.11 Å². The standard InChI is InChI=1S/C14H20O2/c1-10(9-13(15)16)11-7-5-6-8-12(11)14(2,3)4/h5-8,10H,9H2,1-4H3,(H,15,16). The first-order chi connectivity index (χ1) is 7.32. The van der Waals surface area contributed by atoms with Crippen LogP contribution in [-0.2, 0) is 10.2 Å². The van der Waals surface area contributed by atoms with Gasteiger partial charge in [-0.05, 0) is 22.5 Å². The summed E-state index contributed by atoms with van der Waals surface area (Å²) < 4.78 is 0. The van der Waals surface area contributed by atoms with Gasteiger partial charge in [0.25, 0.3) is 0 Å². The van der Waals surface area contributed by atoms with Crippen molar-refractivity contribution >= 4 is 5.97 Å². The van der Waals surface area contributed by atoms with Crippen molar-refractivity contribution < 1.29 is 9.90 Å². The van der Waals surface area contributed by atoms with Crippen LogP contribution in [0.2, 0.25) is 0 Å². The van der Waals surface area contributed by atoms with Crippen LogP contribution in [0.5, 0.6) is 0 Å². The molecule has 0 radical (unpaired) electrons. The van der Waals surface area contributed by atoms with Crippen molar-refractivity contribution in [1.29, 1.82) is 0 Å². The van der Waals surface area contributed by atoms with Crippen LogP contribution in [0.1, 0.15) is 51.2 Å². The number of rotatable bonds is 3. The molecule has 1 rings (SSSR count). The molecule has 0 fully saturated rings. The van der Waals surface area contributed by atoms with Gasteiger partial charge in [-0.1, -0.05) is 52.0 Å². The summed E-state index contributed by atoms with van der Waals surface area (Å²) in [5.74, 6) is -0.677. The highest BCUT2D eigenvalue weighted by Crippen LogP contribution is 2.31. The number of carboxylic acids is 1. The van der Waals surface area contributed by atoms with Gasteiger partial charge in [-0.2, -0.15) is 0 Å². The molecule has 0 bridgehead atoms. The molecule has 0 amide bonds. The zero-order valence-corrected chi connectivity index (χ0v) is 10.4. The third-order valence-corrected chi connectivity index (χ3v) is 2.78. The summed E-state index contributed by atoms with van der Waals surface area (Å²) in [5.41, 5.74) is 2.45. The average molecular weight is 220 g/mol. The lowest BCUT2D eigenvalue weighted by Gasteiger charge is -2.25. The normalized spacial score (nSPS) is 13.5. The largest absolute Gasteiger partial charge is 0.481 e. The van der Waals surface area contributed by atoms with Crippen molar-refractivity contribution in [1.82, 2.24) is 0 Å². The summed E-state index contributed by atoms with van der Waals surface area (Å²) in [7, 11) is 0. The van der Waals surface area contributed by atoms with Crippen LogP contribution < -0.4 is 0 Å². The lowest BCUT2D eigenvalue weighted by Crippen LogP contribution is -2.16. The van der Waals surface area contributed by atoms with Crippen molar-refractivity contribution in [2.24, 2.45) is 0 Å². The van der Waals surface area contributed by atoms with Gasteiger partial charge in [-0.15, -0.1) is 0 Å². The minimum absolute atomic E-state index is 0.0589. The fraction of sp³-hybridized carbons (Fsp3) is 0.500. The molecule has 0 spiro atoms. The Morgan fingerprint density at radius 3 is 2.38 bits per heavy atom. The number of hydrogen-bond acceptors (Lipinski definition) is 1. The molecule has 1 aromatic carbocycles. The molecule has 2 heteroatoms. The van der Waals surface area contributed by atoms with Gasteiger partial charge in [0.1, 0.15) is 0 Å². The van der Waals surface area contributed by atoms with Gasteiger partial charge in [0.2, 0.25) is 0 Å². The zero-order chi connectivity index (χ0) is 12.3. The summed E-state index contributed by atoms with van der Waals surface area (Å²) in [4.78, 5) is 10.7. The van der Waals surface area contributed by atoms with E-state index in [2.05, 4.69) is 26.8 Å². The average Bonchev–Trinajstić information content (AvgIpc) is 2.15. The molecule has 1 N–H and O–H groups in total. The first kappa shape index (κ1) is 12.8. The number of aliphatic carboxylic acids is 1. The molecule has 2 nitrogen and oxygen atoms in total. The van der Waals surface area contributed by atoms with Gasteiger partial charge in [-0.3, -0.25) is 4.79 Å². The van der Waals surface area contributed by atoms with Crippen LogP contribution in [0.15, 0.2) is 24.3 Å². The van der Waals surface area contributed by atoms with E-state index < -0.39 is 5.97 Å². The van der Waals surface area contributed by atoms with E-state index in [0.717, 1.165) is 5.56 Å². The monoisotopic (exact) mass is 220 g/mol. The Labute approximate surface area is 97.3 Å². The summed E-state index contributed by atoms with van der Waals surface area (Å²) in [6, 6.07) is 8.11. The Kier molecular flexibility index (Phi) is 3.74. The molecule has 0 aliphatic rings. The van der Waals surface area contributed by atoms with E-state index in [1.54, 1.807) is 0 Å². The molecule has 0 aromatic heterocycles. The fourth-order valence-corrected chi connectivity index (χ4v) is 1.98. The molecule has 16 heavy (non-hydrogen) atoms. The second-order valence-electron chi connectivity index (χ2n) is 5.34. The van der Waals surface area contributed by atoms with Crippen LogP contribution in [0.25, 0.3) is 0 Å². The van der Waals surface area contributed by atoms with Gasteiger partial charge in [0.15, 0.2) is 0 Å². The van der Waals surface area contributed by atoms with Crippen molar-refractivity contribution in [3.8, 4) is 0 Å². The molecule has 88 valence electrons. The van der Waals surface area contributed by atoms with Gasteiger partial charge >= 0.3 is 5.97 Å². The van der Waals surface area contributed by atoms with Gasteiger partial charge in [0.05, 0.1) is 6.42 Å². The summed E-state index contributed by atoms with van der Waals surface area (Å²) in [6.07, 6.45) is 0.188. The number of benzene rings is 1. The first-order valence-corrected chi connectivity index (χ1v) is 5.63. The third-order valence-electron chi connectivity index (χ3n) is 2.78. The first-order valence-electron chi connectivity index (χ1n) is 5.63. The topological polar surface area (TPSA) is 37.3 Å². The number of carbonyl (C=O) groups is 1. The summed E-state index contributed by atoms with van der Waals surface area (Å²) in [6.45, 7) is 8.43. The molecular weight excluding hydrogens is 200 g/mol.